The average Bonchev–Trinajstić information content (AvgIpc) is 2.73. The molecule has 0 aromatic rings. The molecule has 0 unspecified atom stereocenters. The standard InChI is InChI=1S/C26H50N2O5S2/c1-24(2,3)14-18-32-17-12-22(30)28(10)16-15-27(9)21(29)11-13-26(7,8)35-34-20-19-33-23(31)25(4,5)6/h11-20H2,1-10H3. The van der Waals surface area contributed by atoms with E-state index in [1.165, 1.54) is 0 Å². The number of rotatable bonds is 16. The molecule has 35 heavy (non-hydrogen) atoms. The van der Waals surface area contributed by atoms with E-state index in [1.807, 2.05) is 20.8 Å². The Kier molecular flexibility index (Phi) is 15.6. The summed E-state index contributed by atoms with van der Waals surface area (Å²) in [5.74, 6) is 0.637. The summed E-state index contributed by atoms with van der Waals surface area (Å²) in [5, 5.41) is 0. The van der Waals surface area contributed by atoms with Crippen molar-refractivity contribution in [2.45, 2.75) is 85.8 Å². The van der Waals surface area contributed by atoms with Gasteiger partial charge in [0.1, 0.15) is 6.61 Å². The number of esters is 1. The molecule has 2 amide bonds. The van der Waals surface area contributed by atoms with Gasteiger partial charge >= 0.3 is 5.97 Å². The van der Waals surface area contributed by atoms with Crippen LogP contribution in [-0.4, -0.2) is 85.1 Å². The SMILES string of the molecule is CN(CCN(C)C(=O)CCC(C)(C)SSCCOC(=O)C(C)(C)C)C(=O)CCOCCC(C)(C)C. The van der Waals surface area contributed by atoms with E-state index in [0.717, 1.165) is 12.8 Å². The van der Waals surface area contributed by atoms with Crippen LogP contribution in [0, 0.1) is 10.8 Å². The maximum absolute atomic E-state index is 12.6. The van der Waals surface area contributed by atoms with Crippen molar-refractivity contribution in [2.75, 3.05) is 52.8 Å². The smallest absolute Gasteiger partial charge is 0.311 e. The molecule has 0 saturated heterocycles. The van der Waals surface area contributed by atoms with E-state index in [0.29, 0.717) is 51.5 Å². The first-order valence-electron chi connectivity index (χ1n) is 12.5. The molecule has 0 N–H and O–H groups in total. The number of amides is 2. The first-order valence-corrected chi connectivity index (χ1v) is 14.8. The fraction of sp³-hybridized carbons (Fsp3) is 0.885. The van der Waals surface area contributed by atoms with Gasteiger partial charge in [-0.2, -0.15) is 0 Å². The third-order valence-corrected chi connectivity index (χ3v) is 8.63. The predicted octanol–water partition coefficient (Wildman–Crippen LogP) is 5.28. The Labute approximate surface area is 222 Å². The topological polar surface area (TPSA) is 76.2 Å². The Bertz CT molecular complexity index is 657. The molecule has 0 fully saturated rings. The van der Waals surface area contributed by atoms with Crippen molar-refractivity contribution in [2.24, 2.45) is 10.8 Å². The zero-order chi connectivity index (χ0) is 27.3. The summed E-state index contributed by atoms with van der Waals surface area (Å²) in [6, 6.07) is 0. The Balaban J connectivity index is 4.10. The van der Waals surface area contributed by atoms with Crippen molar-refractivity contribution in [3.05, 3.63) is 0 Å². The lowest BCUT2D eigenvalue weighted by atomic mass is 9.93. The van der Waals surface area contributed by atoms with Gasteiger partial charge in [0.05, 0.1) is 18.4 Å². The second-order valence-electron chi connectivity index (χ2n) is 11.9. The third kappa shape index (κ3) is 18.0. The number of hydrogen-bond acceptors (Lipinski definition) is 7. The predicted molar refractivity (Wildman–Crippen MR) is 149 cm³/mol. The summed E-state index contributed by atoms with van der Waals surface area (Å²) in [4.78, 5) is 40.0. The van der Waals surface area contributed by atoms with Crippen LogP contribution in [0.25, 0.3) is 0 Å². The minimum Gasteiger partial charge on any atom is -0.464 e. The van der Waals surface area contributed by atoms with Crippen LogP contribution in [0.2, 0.25) is 0 Å². The first-order chi connectivity index (χ1) is 15.9. The molecule has 0 spiro atoms. The van der Waals surface area contributed by atoms with E-state index in [1.54, 1.807) is 45.5 Å². The van der Waals surface area contributed by atoms with Gasteiger partial charge in [0, 0.05) is 50.7 Å². The van der Waals surface area contributed by atoms with Crippen LogP contribution in [0.1, 0.15) is 81.1 Å². The lowest BCUT2D eigenvalue weighted by molar-refractivity contribution is -0.152. The molecule has 206 valence electrons. The van der Waals surface area contributed by atoms with Crippen LogP contribution in [0.5, 0.6) is 0 Å². The van der Waals surface area contributed by atoms with Crippen LogP contribution in [0.3, 0.4) is 0 Å². The number of hydrogen-bond donors (Lipinski definition) is 0. The van der Waals surface area contributed by atoms with Crippen LogP contribution < -0.4 is 0 Å². The second kappa shape index (κ2) is 16.0. The van der Waals surface area contributed by atoms with Crippen LogP contribution in [0.4, 0.5) is 0 Å². The molecule has 9 heteroatoms. The molecule has 0 bridgehead atoms. The molecule has 0 aliphatic heterocycles. The van der Waals surface area contributed by atoms with Gasteiger partial charge in [-0.1, -0.05) is 42.4 Å². The van der Waals surface area contributed by atoms with Gasteiger partial charge in [-0.3, -0.25) is 14.4 Å². The molecule has 7 nitrogen and oxygen atoms in total. The molecule has 0 atom stereocenters. The summed E-state index contributed by atoms with van der Waals surface area (Å²) < 4.78 is 10.8. The van der Waals surface area contributed by atoms with Gasteiger partial charge < -0.3 is 19.3 Å². The van der Waals surface area contributed by atoms with Gasteiger partial charge in [-0.25, -0.2) is 0 Å². The summed E-state index contributed by atoms with van der Waals surface area (Å²) in [5.41, 5.74) is -0.251. The summed E-state index contributed by atoms with van der Waals surface area (Å²) in [6.07, 6.45) is 2.52. The number of carbonyl (C=O) groups excluding carboxylic acids is 3. The molecular formula is C26H50N2O5S2. The maximum Gasteiger partial charge on any atom is 0.311 e. The lowest BCUT2D eigenvalue weighted by Gasteiger charge is -2.26. The zero-order valence-corrected chi connectivity index (χ0v) is 25.5. The summed E-state index contributed by atoms with van der Waals surface area (Å²) >= 11 is 0. The van der Waals surface area contributed by atoms with Gasteiger partial charge in [-0.05, 0) is 52.9 Å². The van der Waals surface area contributed by atoms with Crippen molar-refractivity contribution in [3.63, 3.8) is 0 Å². The molecule has 0 aromatic heterocycles. The van der Waals surface area contributed by atoms with Crippen LogP contribution >= 0.6 is 21.6 Å². The highest BCUT2D eigenvalue weighted by Crippen LogP contribution is 2.38. The molecule has 0 rings (SSSR count). The molecule has 0 radical (unpaired) electrons. The Hall–Kier alpha value is -0.930. The van der Waals surface area contributed by atoms with Crippen molar-refractivity contribution < 1.29 is 23.9 Å². The van der Waals surface area contributed by atoms with E-state index in [4.69, 9.17) is 9.47 Å². The van der Waals surface area contributed by atoms with Gasteiger partial charge in [0.2, 0.25) is 11.8 Å². The fourth-order valence-electron chi connectivity index (χ4n) is 2.61. The Morgan fingerprint density at radius 1 is 0.743 bits per heavy atom. The monoisotopic (exact) mass is 534 g/mol. The zero-order valence-electron chi connectivity index (χ0n) is 23.8. The van der Waals surface area contributed by atoms with Crippen LogP contribution in [0.15, 0.2) is 0 Å². The van der Waals surface area contributed by atoms with Crippen molar-refractivity contribution in [3.8, 4) is 0 Å². The van der Waals surface area contributed by atoms with E-state index in [2.05, 4.69) is 34.6 Å². The molecule has 0 saturated carbocycles. The number of likely N-dealkylation sites (N-methyl/N-ethyl adjacent to an activating group) is 2. The van der Waals surface area contributed by atoms with Gasteiger partial charge in [0.25, 0.3) is 0 Å². The van der Waals surface area contributed by atoms with Crippen molar-refractivity contribution >= 4 is 39.4 Å². The molecule has 0 heterocycles. The molecule has 0 aromatic carbocycles. The van der Waals surface area contributed by atoms with E-state index < -0.39 is 5.41 Å². The minimum absolute atomic E-state index is 0.0318. The van der Waals surface area contributed by atoms with Gasteiger partial charge in [-0.15, -0.1) is 0 Å². The fourth-order valence-corrected chi connectivity index (χ4v) is 5.01. The summed E-state index contributed by atoms with van der Waals surface area (Å²) in [6.45, 7) is 18.8. The van der Waals surface area contributed by atoms with Crippen molar-refractivity contribution in [1.29, 1.82) is 0 Å². The van der Waals surface area contributed by atoms with E-state index >= 15 is 0 Å². The van der Waals surface area contributed by atoms with E-state index in [-0.39, 0.29) is 27.9 Å². The van der Waals surface area contributed by atoms with Gasteiger partial charge in [0.15, 0.2) is 0 Å². The van der Waals surface area contributed by atoms with Crippen LogP contribution in [-0.2, 0) is 23.9 Å². The highest BCUT2D eigenvalue weighted by Gasteiger charge is 2.24. The Morgan fingerprint density at radius 2 is 1.29 bits per heavy atom. The maximum atomic E-state index is 12.6. The first kappa shape index (κ1) is 34.1. The Morgan fingerprint density at radius 3 is 1.80 bits per heavy atom. The molecule has 0 aliphatic rings. The van der Waals surface area contributed by atoms with Crippen molar-refractivity contribution in [1.82, 2.24) is 9.80 Å². The highest BCUT2D eigenvalue weighted by atomic mass is 33.1. The minimum atomic E-state index is -0.480. The van der Waals surface area contributed by atoms with E-state index in [9.17, 15) is 14.4 Å². The number of carbonyl (C=O) groups is 3. The lowest BCUT2D eigenvalue weighted by Crippen LogP contribution is -2.38. The molecular weight excluding hydrogens is 484 g/mol. The average molecular weight is 535 g/mol. The third-order valence-electron chi connectivity index (χ3n) is 5.32. The molecule has 0 aliphatic carbocycles. The number of nitrogens with zero attached hydrogens (tertiary/aromatic N) is 2. The number of ether oxygens (including phenoxy) is 2. The second-order valence-corrected chi connectivity index (χ2v) is 15.0. The quantitative estimate of drug-likeness (QED) is 0.152. The largest absolute Gasteiger partial charge is 0.464 e. The highest BCUT2D eigenvalue weighted by molar-refractivity contribution is 8.77. The summed E-state index contributed by atoms with van der Waals surface area (Å²) in [7, 11) is 6.93. The normalized spacial score (nSPS) is 12.4.